The zero-order valence-electron chi connectivity index (χ0n) is 13.2. The number of benzene rings is 1. The van der Waals surface area contributed by atoms with E-state index in [1.807, 2.05) is 6.07 Å². The first-order chi connectivity index (χ1) is 9.09. The third-order valence-corrected chi connectivity index (χ3v) is 1.69. The topological polar surface area (TPSA) is 41.9 Å². The van der Waals surface area contributed by atoms with Gasteiger partial charge in [-0.3, -0.25) is 0 Å². The van der Waals surface area contributed by atoms with Gasteiger partial charge in [-0.1, -0.05) is 30.3 Å². The number of ether oxygens (including phenoxy) is 1. The Morgan fingerprint density at radius 3 is 2.59 bits per heavy atom. The molecule has 0 spiro atoms. The summed E-state index contributed by atoms with van der Waals surface area (Å²) in [5.41, 5.74) is -0.103. The highest BCUT2D eigenvalue weighted by Crippen LogP contribution is 2.09. The van der Waals surface area contributed by atoms with Gasteiger partial charge in [0.15, 0.2) is 0 Å². The average Bonchev–Trinajstić information content (AvgIpc) is 2.26. The molecule has 17 heavy (non-hydrogen) atoms. The number of hydrogen-bond donors (Lipinski definition) is 0. The van der Waals surface area contributed by atoms with Crippen molar-refractivity contribution in [3.8, 4) is 0 Å². The minimum Gasteiger partial charge on any atom is -0.442 e. The summed E-state index contributed by atoms with van der Waals surface area (Å²) in [5, 5.41) is 4.09. The van der Waals surface area contributed by atoms with Gasteiger partial charge in [0, 0.05) is 11.1 Å². The summed E-state index contributed by atoms with van der Waals surface area (Å²) in [7, 11) is 0. The van der Waals surface area contributed by atoms with Gasteiger partial charge in [-0.25, -0.2) is 9.80 Å². The molecule has 0 radical (unpaired) electrons. The molecule has 0 aliphatic carbocycles. The number of amides is 1. The Hall–Kier alpha value is -1.84. The van der Waals surface area contributed by atoms with Crippen molar-refractivity contribution in [2.45, 2.75) is 26.4 Å². The highest BCUT2D eigenvalue weighted by molar-refractivity contribution is 5.80. The molecule has 1 amide bonds. The van der Waals surface area contributed by atoms with E-state index in [4.69, 9.17) is 8.85 Å². The van der Waals surface area contributed by atoms with E-state index in [1.54, 1.807) is 45.0 Å². The molecule has 0 unspecified atom stereocenters. The first-order valence-electron chi connectivity index (χ1n) is 6.72. The largest absolute Gasteiger partial charge is 0.442 e. The van der Waals surface area contributed by atoms with Crippen molar-refractivity contribution < 1.29 is 13.6 Å². The van der Waals surface area contributed by atoms with Crippen LogP contribution < -0.4 is 0 Å². The van der Waals surface area contributed by atoms with Crippen LogP contribution in [0.15, 0.2) is 35.4 Å². The van der Waals surface area contributed by atoms with Crippen molar-refractivity contribution in [1.82, 2.24) is 5.01 Å². The molecule has 0 atom stereocenters. The fourth-order valence-corrected chi connectivity index (χ4v) is 1.02. The van der Waals surface area contributed by atoms with E-state index < -0.39 is 18.7 Å². The van der Waals surface area contributed by atoms with E-state index in [1.165, 1.54) is 6.21 Å². The van der Waals surface area contributed by atoms with Crippen LogP contribution in [0, 0.1) is 0 Å². The minimum atomic E-state index is -2.70. The SMILES string of the molecule is [2H]C([2H])([2H])N(N=Cc1ccccc1)C(=O)OC(C)(C)C. The molecule has 0 N–H and O–H groups in total. The Labute approximate surface area is 106 Å². The maximum absolute atomic E-state index is 11.9. The van der Waals surface area contributed by atoms with Gasteiger partial charge >= 0.3 is 6.09 Å². The number of carbonyl (C=O) groups is 1. The summed E-state index contributed by atoms with van der Waals surface area (Å²) in [6.45, 7) is 2.27. The number of nitrogens with zero attached hydrogens (tertiary/aromatic N) is 2. The van der Waals surface area contributed by atoms with Gasteiger partial charge in [0.2, 0.25) is 0 Å². The van der Waals surface area contributed by atoms with Gasteiger partial charge in [-0.2, -0.15) is 5.10 Å². The average molecular weight is 237 g/mol. The summed E-state index contributed by atoms with van der Waals surface area (Å²) in [6, 6.07) is 8.89. The van der Waals surface area contributed by atoms with Crippen LogP contribution >= 0.6 is 0 Å². The highest BCUT2D eigenvalue weighted by Gasteiger charge is 2.18. The number of hydrazone groups is 1. The standard InChI is InChI=1S/C13H18N2O2/c1-13(2,3)17-12(16)15(4)14-10-11-8-6-5-7-9-11/h5-10H,1-4H3/i4D3. The third-order valence-electron chi connectivity index (χ3n) is 1.69. The maximum atomic E-state index is 11.9. The van der Waals surface area contributed by atoms with E-state index in [0.29, 0.717) is 10.6 Å². The molecule has 1 aromatic carbocycles. The summed E-state index contributed by atoms with van der Waals surface area (Å²) < 4.78 is 27.0. The molecule has 0 aromatic heterocycles. The Morgan fingerprint density at radius 1 is 1.41 bits per heavy atom. The Morgan fingerprint density at radius 2 is 2.06 bits per heavy atom. The van der Waals surface area contributed by atoms with Crippen LogP contribution in [0.2, 0.25) is 0 Å². The Balaban J connectivity index is 2.92. The molecule has 0 aliphatic rings. The van der Waals surface area contributed by atoms with Crippen molar-refractivity contribution in [2.24, 2.45) is 5.10 Å². The molecule has 0 heterocycles. The van der Waals surface area contributed by atoms with Crippen LogP contribution in [0.25, 0.3) is 0 Å². The summed E-state index contributed by atoms with van der Waals surface area (Å²) in [6.07, 6.45) is 0.292. The van der Waals surface area contributed by atoms with E-state index in [2.05, 4.69) is 5.10 Å². The highest BCUT2D eigenvalue weighted by atomic mass is 16.6. The zero-order valence-corrected chi connectivity index (χ0v) is 10.2. The summed E-state index contributed by atoms with van der Waals surface area (Å²) >= 11 is 0. The Bertz CT molecular complexity index is 479. The van der Waals surface area contributed by atoms with E-state index in [9.17, 15) is 4.79 Å². The van der Waals surface area contributed by atoms with Crippen LogP contribution in [0.4, 0.5) is 4.79 Å². The van der Waals surface area contributed by atoms with Gasteiger partial charge in [0.05, 0.1) is 6.21 Å². The summed E-state index contributed by atoms with van der Waals surface area (Å²) in [5.74, 6) is 0. The van der Waals surface area contributed by atoms with E-state index in [0.717, 1.165) is 0 Å². The molecule has 92 valence electrons. The van der Waals surface area contributed by atoms with Crippen molar-refractivity contribution >= 4 is 12.3 Å². The van der Waals surface area contributed by atoms with Gasteiger partial charge < -0.3 is 4.74 Å². The second-order valence-electron chi connectivity index (χ2n) is 4.45. The van der Waals surface area contributed by atoms with E-state index in [-0.39, 0.29) is 0 Å². The normalized spacial score (nSPS) is 14.9. The molecule has 0 bridgehead atoms. The fourth-order valence-electron chi connectivity index (χ4n) is 1.02. The number of rotatable bonds is 2. The predicted octanol–water partition coefficient (Wildman–Crippen LogP) is 2.89. The number of carbonyl (C=O) groups excluding carboxylic acids is 1. The smallest absolute Gasteiger partial charge is 0.430 e. The van der Waals surface area contributed by atoms with Crippen molar-refractivity contribution in [1.29, 1.82) is 0 Å². The van der Waals surface area contributed by atoms with Gasteiger partial charge in [0.25, 0.3) is 0 Å². The van der Waals surface area contributed by atoms with E-state index >= 15 is 0 Å². The van der Waals surface area contributed by atoms with Crippen molar-refractivity contribution in [3.05, 3.63) is 35.9 Å². The minimum absolute atomic E-state index is 0.366. The van der Waals surface area contributed by atoms with Gasteiger partial charge in [0.1, 0.15) is 5.60 Å². The lowest BCUT2D eigenvalue weighted by Crippen LogP contribution is -2.31. The summed E-state index contributed by atoms with van der Waals surface area (Å²) in [4.78, 5) is 11.9. The second kappa shape index (κ2) is 5.48. The first-order valence-corrected chi connectivity index (χ1v) is 5.22. The molecule has 0 saturated carbocycles. The molecule has 0 fully saturated rings. The number of hydrogen-bond acceptors (Lipinski definition) is 3. The predicted molar refractivity (Wildman–Crippen MR) is 68.0 cm³/mol. The first kappa shape index (κ1) is 9.22. The monoisotopic (exact) mass is 237 g/mol. The Kier molecular flexibility index (Phi) is 2.97. The van der Waals surface area contributed by atoms with Crippen LogP contribution in [0.5, 0.6) is 0 Å². The van der Waals surface area contributed by atoms with Crippen LogP contribution in [0.3, 0.4) is 0 Å². The van der Waals surface area contributed by atoms with Crippen LogP contribution in [0.1, 0.15) is 30.4 Å². The zero-order chi connectivity index (χ0) is 15.4. The lowest BCUT2D eigenvalue weighted by atomic mass is 10.2. The molecule has 0 aliphatic heterocycles. The lowest BCUT2D eigenvalue weighted by molar-refractivity contribution is 0.0304. The lowest BCUT2D eigenvalue weighted by Gasteiger charge is -2.21. The van der Waals surface area contributed by atoms with Gasteiger partial charge in [-0.15, -0.1) is 0 Å². The van der Waals surface area contributed by atoms with Crippen LogP contribution in [-0.2, 0) is 4.74 Å². The van der Waals surface area contributed by atoms with Gasteiger partial charge in [-0.05, 0) is 26.3 Å². The molecule has 4 heteroatoms. The van der Waals surface area contributed by atoms with Crippen molar-refractivity contribution in [3.63, 3.8) is 0 Å². The molecule has 1 aromatic rings. The van der Waals surface area contributed by atoms with Crippen LogP contribution in [-0.4, -0.2) is 29.9 Å². The molecule has 4 nitrogen and oxygen atoms in total. The van der Waals surface area contributed by atoms with Crippen molar-refractivity contribution in [2.75, 3.05) is 6.98 Å². The molecular weight excluding hydrogens is 216 g/mol. The quantitative estimate of drug-likeness (QED) is 0.586. The third kappa shape index (κ3) is 5.15. The second-order valence-corrected chi connectivity index (χ2v) is 4.45. The fraction of sp³-hybridized carbons (Fsp3) is 0.385. The maximum Gasteiger partial charge on any atom is 0.430 e. The molecule has 0 saturated heterocycles. The molecule has 1 rings (SSSR count). The molecular formula is C13H18N2O2.